The van der Waals surface area contributed by atoms with Gasteiger partial charge in [0.2, 0.25) is 5.91 Å². The average Bonchev–Trinajstić information content (AvgIpc) is 2.79. The van der Waals surface area contributed by atoms with Gasteiger partial charge >= 0.3 is 6.03 Å². The summed E-state index contributed by atoms with van der Waals surface area (Å²) in [6, 6.07) is 22.2. The molecule has 0 fully saturated rings. The molecule has 0 unspecified atom stereocenters. The number of nitrogens with zero attached hydrogens (tertiary/aromatic N) is 1. The first-order valence-electron chi connectivity index (χ1n) is 10.0. The molecule has 8 heteroatoms. The van der Waals surface area contributed by atoms with Gasteiger partial charge in [-0.15, -0.1) is 0 Å². The van der Waals surface area contributed by atoms with E-state index in [4.69, 9.17) is 0 Å². The van der Waals surface area contributed by atoms with Gasteiger partial charge in [0, 0.05) is 19.2 Å². The summed E-state index contributed by atoms with van der Waals surface area (Å²) in [6.45, 7) is 1.95. The zero-order chi connectivity index (χ0) is 23.1. The first kappa shape index (κ1) is 23.0. The van der Waals surface area contributed by atoms with Gasteiger partial charge in [0.1, 0.15) is 6.04 Å². The maximum absolute atomic E-state index is 13.2. The molecule has 0 saturated carbocycles. The Bertz CT molecular complexity index is 1160. The van der Waals surface area contributed by atoms with E-state index in [0.29, 0.717) is 5.69 Å². The fourth-order valence-electron chi connectivity index (χ4n) is 3.15. The third-order valence-electron chi connectivity index (χ3n) is 4.92. The summed E-state index contributed by atoms with van der Waals surface area (Å²) < 4.78 is 26.9. The van der Waals surface area contributed by atoms with Crippen LogP contribution in [-0.2, 0) is 21.2 Å². The van der Waals surface area contributed by atoms with Gasteiger partial charge in [0.25, 0.3) is 10.0 Å². The second kappa shape index (κ2) is 10.1. The highest BCUT2D eigenvalue weighted by atomic mass is 32.2. The van der Waals surface area contributed by atoms with Crippen LogP contribution in [0.25, 0.3) is 0 Å². The summed E-state index contributed by atoms with van der Waals surface area (Å²) in [5, 5.41) is 2.53. The molecule has 0 aliphatic rings. The second-order valence-corrected chi connectivity index (χ2v) is 9.05. The normalized spacial score (nSPS) is 11.9. The van der Waals surface area contributed by atoms with Crippen molar-refractivity contribution < 1.29 is 18.0 Å². The van der Waals surface area contributed by atoms with Crippen LogP contribution in [0.15, 0.2) is 89.8 Å². The minimum Gasteiger partial charge on any atom is -0.325 e. The molecule has 0 aliphatic heterocycles. The molecule has 1 atom stereocenters. The van der Waals surface area contributed by atoms with Gasteiger partial charge < -0.3 is 10.2 Å². The zero-order valence-electron chi connectivity index (χ0n) is 17.9. The molecule has 3 rings (SSSR count). The van der Waals surface area contributed by atoms with E-state index in [1.54, 1.807) is 25.2 Å². The molecule has 0 heterocycles. The third-order valence-corrected chi connectivity index (χ3v) is 6.27. The van der Waals surface area contributed by atoms with E-state index >= 15 is 0 Å². The lowest BCUT2D eigenvalue weighted by Gasteiger charge is -2.25. The average molecular weight is 452 g/mol. The van der Waals surface area contributed by atoms with Gasteiger partial charge in [-0.1, -0.05) is 66.2 Å². The Morgan fingerprint density at radius 1 is 0.875 bits per heavy atom. The van der Waals surface area contributed by atoms with Crippen molar-refractivity contribution in [2.24, 2.45) is 0 Å². The van der Waals surface area contributed by atoms with Crippen molar-refractivity contribution >= 4 is 27.6 Å². The van der Waals surface area contributed by atoms with Gasteiger partial charge in [-0.25, -0.2) is 17.9 Å². The van der Waals surface area contributed by atoms with Gasteiger partial charge in [-0.05, 0) is 36.8 Å². The molecular formula is C24H25N3O4S. The fraction of sp³-hybridized carbons (Fsp3) is 0.167. The van der Waals surface area contributed by atoms with Crippen molar-refractivity contribution in [1.29, 1.82) is 0 Å². The van der Waals surface area contributed by atoms with Crippen LogP contribution in [0.2, 0.25) is 0 Å². The Balaban J connectivity index is 1.80. The lowest BCUT2D eigenvalue weighted by atomic mass is 10.0. The number of hydrogen-bond donors (Lipinski definition) is 2. The van der Waals surface area contributed by atoms with Gasteiger partial charge in [-0.2, -0.15) is 0 Å². The highest BCUT2D eigenvalue weighted by Gasteiger charge is 2.27. The van der Waals surface area contributed by atoms with Crippen LogP contribution in [0.1, 0.15) is 11.1 Å². The molecule has 2 N–H and O–H groups in total. The quantitative estimate of drug-likeness (QED) is 0.576. The Hall–Kier alpha value is -3.65. The van der Waals surface area contributed by atoms with Gasteiger partial charge in [0.15, 0.2) is 0 Å². The molecule has 0 aliphatic carbocycles. The molecule has 3 aromatic carbocycles. The van der Waals surface area contributed by atoms with Gasteiger partial charge in [0.05, 0.1) is 4.90 Å². The first-order valence-corrected chi connectivity index (χ1v) is 11.5. The molecular weight excluding hydrogens is 426 g/mol. The predicted molar refractivity (Wildman–Crippen MR) is 124 cm³/mol. The first-order chi connectivity index (χ1) is 15.3. The van der Waals surface area contributed by atoms with Crippen molar-refractivity contribution in [1.82, 2.24) is 10.0 Å². The largest absolute Gasteiger partial charge is 0.329 e. The number of aryl methyl sites for hydroxylation is 1. The minimum atomic E-state index is -4.07. The monoisotopic (exact) mass is 451 g/mol. The third kappa shape index (κ3) is 5.95. The molecule has 166 valence electrons. The molecule has 32 heavy (non-hydrogen) atoms. The number of nitrogens with one attached hydrogen (secondary N) is 2. The molecule has 0 aromatic heterocycles. The second-order valence-electron chi connectivity index (χ2n) is 7.37. The fourth-order valence-corrected chi connectivity index (χ4v) is 4.08. The number of carbonyl (C=O) groups excluding carboxylic acids is 2. The molecule has 3 amide bonds. The summed E-state index contributed by atoms with van der Waals surface area (Å²) in [5.74, 6) is -0.370. The van der Waals surface area contributed by atoms with Crippen LogP contribution in [0.3, 0.4) is 0 Å². The predicted octanol–water partition coefficient (Wildman–Crippen LogP) is 3.26. The molecule has 0 radical (unpaired) electrons. The van der Waals surface area contributed by atoms with E-state index in [9.17, 15) is 18.0 Å². The van der Waals surface area contributed by atoms with E-state index in [1.807, 2.05) is 66.2 Å². The van der Waals surface area contributed by atoms with E-state index in [-0.39, 0.29) is 17.2 Å². The molecule has 3 aromatic rings. The summed E-state index contributed by atoms with van der Waals surface area (Å²) >= 11 is 0. The maximum atomic E-state index is 13.2. The number of carbonyl (C=O) groups is 2. The number of anilines is 1. The van der Waals surface area contributed by atoms with E-state index < -0.39 is 22.1 Å². The number of likely N-dealkylation sites (N-methyl/N-ethyl adjacent to an activating group) is 1. The molecule has 0 saturated heterocycles. The van der Waals surface area contributed by atoms with Crippen LogP contribution in [0.4, 0.5) is 10.5 Å². The smallest absolute Gasteiger partial charge is 0.325 e. The Labute approximate surface area is 188 Å². The van der Waals surface area contributed by atoms with E-state index in [2.05, 4.69) is 5.32 Å². The molecule has 0 bridgehead atoms. The number of amides is 3. The Kier molecular flexibility index (Phi) is 7.27. The standard InChI is InChI=1S/C24H25N3O4S/c1-18-13-15-20(16-14-18)27(2)23(28)22(17-19-9-5-3-6-10-19)25-24(29)26-32(30,31)21-11-7-4-8-12-21/h3-16,22H,17H2,1-2H3,(H2,25,26,29)/t22-/m0/s1. The lowest BCUT2D eigenvalue weighted by Crippen LogP contribution is -2.52. The van der Waals surface area contributed by atoms with Crippen LogP contribution in [0.5, 0.6) is 0 Å². The SMILES string of the molecule is Cc1ccc(N(C)C(=O)[C@H](Cc2ccccc2)NC(=O)NS(=O)(=O)c2ccccc2)cc1. The molecule has 0 spiro atoms. The van der Waals surface area contributed by atoms with Crippen molar-refractivity contribution in [3.05, 3.63) is 96.1 Å². The Morgan fingerprint density at radius 3 is 2.03 bits per heavy atom. The summed E-state index contributed by atoms with van der Waals surface area (Å²) in [4.78, 5) is 27.2. The molecule has 7 nitrogen and oxygen atoms in total. The number of hydrogen-bond acceptors (Lipinski definition) is 4. The van der Waals surface area contributed by atoms with Crippen LogP contribution >= 0.6 is 0 Å². The Morgan fingerprint density at radius 2 is 1.44 bits per heavy atom. The van der Waals surface area contributed by atoms with E-state index in [0.717, 1.165) is 11.1 Å². The highest BCUT2D eigenvalue weighted by Crippen LogP contribution is 2.16. The minimum absolute atomic E-state index is 0.0436. The van der Waals surface area contributed by atoms with Crippen molar-refractivity contribution in [2.75, 3.05) is 11.9 Å². The van der Waals surface area contributed by atoms with Crippen LogP contribution < -0.4 is 14.9 Å². The van der Waals surface area contributed by atoms with Crippen molar-refractivity contribution in [2.45, 2.75) is 24.3 Å². The van der Waals surface area contributed by atoms with Crippen molar-refractivity contribution in [3.63, 3.8) is 0 Å². The number of benzene rings is 3. The lowest BCUT2D eigenvalue weighted by molar-refractivity contribution is -0.120. The summed E-state index contributed by atoms with van der Waals surface area (Å²) in [5.41, 5.74) is 2.55. The zero-order valence-corrected chi connectivity index (χ0v) is 18.7. The summed E-state index contributed by atoms with van der Waals surface area (Å²) in [7, 11) is -2.45. The van der Waals surface area contributed by atoms with Crippen molar-refractivity contribution in [3.8, 4) is 0 Å². The maximum Gasteiger partial charge on any atom is 0.329 e. The van der Waals surface area contributed by atoms with Gasteiger partial charge in [-0.3, -0.25) is 4.79 Å². The number of sulfonamides is 1. The van der Waals surface area contributed by atoms with Crippen LogP contribution in [-0.4, -0.2) is 33.4 Å². The number of urea groups is 1. The highest BCUT2D eigenvalue weighted by molar-refractivity contribution is 7.90. The number of rotatable bonds is 7. The van der Waals surface area contributed by atoms with E-state index in [1.165, 1.54) is 17.0 Å². The van der Waals surface area contributed by atoms with Crippen LogP contribution in [0, 0.1) is 6.92 Å². The topological polar surface area (TPSA) is 95.6 Å². The summed E-state index contributed by atoms with van der Waals surface area (Å²) in [6.07, 6.45) is 0.203.